The monoisotopic (exact) mass is 222 g/mol. The van der Waals surface area contributed by atoms with E-state index in [1.807, 2.05) is 13.0 Å². The van der Waals surface area contributed by atoms with Crippen LogP contribution in [0.5, 0.6) is 0 Å². The molecule has 1 aliphatic carbocycles. The lowest BCUT2D eigenvalue weighted by atomic mass is 10.2. The van der Waals surface area contributed by atoms with Crippen LogP contribution in [0.3, 0.4) is 0 Å². The number of hydrogen-bond acceptors (Lipinski definition) is 2. The second kappa shape index (κ2) is 4.49. The van der Waals surface area contributed by atoms with Gasteiger partial charge in [0.15, 0.2) is 0 Å². The van der Waals surface area contributed by atoms with Crippen molar-refractivity contribution >= 4 is 11.6 Å². The Morgan fingerprint density at radius 3 is 2.81 bits per heavy atom. The Kier molecular flexibility index (Phi) is 3.05. The molecule has 0 radical (unpaired) electrons. The average molecular weight is 222 g/mol. The summed E-state index contributed by atoms with van der Waals surface area (Å²) in [5, 5.41) is 2.83. The van der Waals surface area contributed by atoms with Crippen LogP contribution >= 0.6 is 0 Å². The third kappa shape index (κ3) is 2.70. The highest BCUT2D eigenvalue weighted by molar-refractivity contribution is 5.93. The Labute approximate surface area is 93.7 Å². The number of rotatable bonds is 2. The van der Waals surface area contributed by atoms with Crippen LogP contribution in [0.4, 0.5) is 10.1 Å². The van der Waals surface area contributed by atoms with E-state index in [0.29, 0.717) is 17.7 Å². The van der Waals surface area contributed by atoms with Crippen molar-refractivity contribution in [3.63, 3.8) is 0 Å². The first kappa shape index (κ1) is 10.9. The van der Waals surface area contributed by atoms with Crippen molar-refractivity contribution in [3.05, 3.63) is 29.6 Å². The molecule has 4 nitrogen and oxygen atoms in total. The number of halogens is 1. The normalized spacial score (nSPS) is 16.1. The van der Waals surface area contributed by atoms with Crippen molar-refractivity contribution in [3.8, 4) is 0 Å². The molecule has 0 atom stereocenters. The number of hydrogen-bond donors (Lipinski definition) is 3. The Balaban J connectivity index is 2.12. The maximum atomic E-state index is 13.5. The number of nitrogens with one attached hydrogen (secondary N) is 2. The molecule has 1 aliphatic rings. The van der Waals surface area contributed by atoms with Crippen molar-refractivity contribution < 1.29 is 4.39 Å². The van der Waals surface area contributed by atoms with E-state index in [9.17, 15) is 4.39 Å². The number of nitrogens with zero attached hydrogens (tertiary/aromatic N) is 1. The Morgan fingerprint density at radius 2 is 2.25 bits per heavy atom. The molecule has 1 saturated carbocycles. The first-order chi connectivity index (χ1) is 7.69. The highest BCUT2D eigenvalue weighted by atomic mass is 19.1. The predicted octanol–water partition coefficient (Wildman–Crippen LogP) is 1.53. The minimum absolute atomic E-state index is 0.307. The SMILES string of the molecule is Cc1ccc(NC(=NC2CC2)NN)c(F)c1. The lowest BCUT2D eigenvalue weighted by Gasteiger charge is -2.10. The van der Waals surface area contributed by atoms with Gasteiger partial charge in [0, 0.05) is 0 Å². The van der Waals surface area contributed by atoms with Gasteiger partial charge in [-0.2, -0.15) is 0 Å². The van der Waals surface area contributed by atoms with Crippen molar-refractivity contribution in [2.24, 2.45) is 10.8 Å². The molecule has 0 bridgehead atoms. The van der Waals surface area contributed by atoms with Gasteiger partial charge in [0.25, 0.3) is 0 Å². The molecule has 0 aromatic heterocycles. The summed E-state index contributed by atoms with van der Waals surface area (Å²) in [5.74, 6) is 5.41. The molecular weight excluding hydrogens is 207 g/mol. The smallest absolute Gasteiger partial charge is 0.210 e. The van der Waals surface area contributed by atoms with Crippen LogP contribution in [0.25, 0.3) is 0 Å². The molecule has 1 fully saturated rings. The van der Waals surface area contributed by atoms with Crippen LogP contribution in [0.15, 0.2) is 23.2 Å². The van der Waals surface area contributed by atoms with Gasteiger partial charge in [-0.3, -0.25) is 5.43 Å². The fourth-order valence-corrected chi connectivity index (χ4v) is 1.34. The fourth-order valence-electron chi connectivity index (χ4n) is 1.34. The second-order valence-electron chi connectivity index (χ2n) is 3.96. The summed E-state index contributed by atoms with van der Waals surface area (Å²) < 4.78 is 13.5. The van der Waals surface area contributed by atoms with E-state index in [-0.39, 0.29) is 5.82 Å². The van der Waals surface area contributed by atoms with E-state index >= 15 is 0 Å². The van der Waals surface area contributed by atoms with Crippen LogP contribution in [0.1, 0.15) is 18.4 Å². The number of nitrogens with two attached hydrogens (primary N) is 1. The molecule has 0 saturated heterocycles. The van der Waals surface area contributed by atoms with E-state index in [1.165, 1.54) is 6.07 Å². The molecule has 0 unspecified atom stereocenters. The zero-order chi connectivity index (χ0) is 11.5. The molecule has 1 aromatic rings. The Morgan fingerprint density at radius 1 is 1.50 bits per heavy atom. The quantitative estimate of drug-likeness (QED) is 0.308. The molecule has 4 N–H and O–H groups in total. The number of hydrazine groups is 1. The molecule has 86 valence electrons. The maximum absolute atomic E-state index is 13.5. The predicted molar refractivity (Wildman–Crippen MR) is 62.5 cm³/mol. The van der Waals surface area contributed by atoms with Crippen molar-refractivity contribution in [1.29, 1.82) is 0 Å². The first-order valence-corrected chi connectivity index (χ1v) is 5.26. The third-order valence-electron chi connectivity index (χ3n) is 2.37. The summed E-state index contributed by atoms with van der Waals surface area (Å²) in [7, 11) is 0. The van der Waals surface area contributed by atoms with Gasteiger partial charge in [0.1, 0.15) is 5.82 Å². The maximum Gasteiger partial charge on any atom is 0.210 e. The van der Waals surface area contributed by atoms with Gasteiger partial charge in [-0.05, 0) is 37.5 Å². The molecule has 0 heterocycles. The molecule has 5 heteroatoms. The minimum atomic E-state index is -0.307. The standard InChI is InChI=1S/C11H15FN4/c1-7-2-5-10(9(12)6-7)15-11(16-13)14-8-3-4-8/h2,5-6,8H,3-4,13H2,1H3,(H2,14,15,16). The second-order valence-corrected chi connectivity index (χ2v) is 3.96. The largest absolute Gasteiger partial charge is 0.323 e. The molecule has 0 aliphatic heterocycles. The van der Waals surface area contributed by atoms with Crippen molar-refractivity contribution in [1.82, 2.24) is 5.43 Å². The van der Waals surface area contributed by atoms with Crippen LogP contribution < -0.4 is 16.6 Å². The van der Waals surface area contributed by atoms with Crippen LogP contribution in [-0.4, -0.2) is 12.0 Å². The summed E-state index contributed by atoms with van der Waals surface area (Å²) in [4.78, 5) is 4.27. The summed E-state index contributed by atoms with van der Waals surface area (Å²) in [6.07, 6.45) is 2.15. The topological polar surface area (TPSA) is 62.4 Å². The summed E-state index contributed by atoms with van der Waals surface area (Å²) in [6, 6.07) is 5.29. The first-order valence-electron chi connectivity index (χ1n) is 5.26. The lowest BCUT2D eigenvalue weighted by Crippen LogP contribution is -2.36. The van der Waals surface area contributed by atoms with Crippen molar-refractivity contribution in [2.75, 3.05) is 5.32 Å². The lowest BCUT2D eigenvalue weighted by molar-refractivity contribution is 0.630. The molecule has 16 heavy (non-hydrogen) atoms. The van der Waals surface area contributed by atoms with E-state index in [0.717, 1.165) is 18.4 Å². The number of benzene rings is 1. The number of anilines is 1. The molecule has 2 rings (SSSR count). The van der Waals surface area contributed by atoms with E-state index in [2.05, 4.69) is 15.7 Å². The van der Waals surface area contributed by atoms with Gasteiger partial charge in [-0.25, -0.2) is 15.2 Å². The van der Waals surface area contributed by atoms with Gasteiger partial charge in [0.05, 0.1) is 11.7 Å². The van der Waals surface area contributed by atoms with Gasteiger partial charge >= 0.3 is 0 Å². The minimum Gasteiger partial charge on any atom is -0.323 e. The van der Waals surface area contributed by atoms with Crippen LogP contribution in [0.2, 0.25) is 0 Å². The molecule has 0 spiro atoms. The molecule has 0 amide bonds. The summed E-state index contributed by atoms with van der Waals surface area (Å²) in [6.45, 7) is 1.84. The summed E-state index contributed by atoms with van der Waals surface area (Å²) >= 11 is 0. The van der Waals surface area contributed by atoms with Gasteiger partial charge in [0.2, 0.25) is 5.96 Å². The average Bonchev–Trinajstić information content (AvgIpc) is 3.04. The van der Waals surface area contributed by atoms with Gasteiger partial charge < -0.3 is 5.32 Å². The van der Waals surface area contributed by atoms with Crippen molar-refractivity contribution in [2.45, 2.75) is 25.8 Å². The van der Waals surface area contributed by atoms with Gasteiger partial charge in [-0.15, -0.1) is 0 Å². The fraction of sp³-hybridized carbons (Fsp3) is 0.364. The highest BCUT2D eigenvalue weighted by Gasteiger charge is 2.21. The zero-order valence-corrected chi connectivity index (χ0v) is 9.13. The van der Waals surface area contributed by atoms with E-state index in [1.54, 1.807) is 6.07 Å². The molecular formula is C11H15FN4. The van der Waals surface area contributed by atoms with E-state index < -0.39 is 0 Å². The third-order valence-corrected chi connectivity index (χ3v) is 2.37. The zero-order valence-electron chi connectivity index (χ0n) is 9.13. The number of aryl methyl sites for hydroxylation is 1. The Bertz CT molecular complexity index is 412. The van der Waals surface area contributed by atoms with E-state index in [4.69, 9.17) is 5.84 Å². The van der Waals surface area contributed by atoms with Crippen LogP contribution in [-0.2, 0) is 0 Å². The Hall–Kier alpha value is -1.62. The van der Waals surface area contributed by atoms with Crippen LogP contribution in [0, 0.1) is 12.7 Å². The van der Waals surface area contributed by atoms with Gasteiger partial charge in [-0.1, -0.05) is 6.07 Å². The number of guanidine groups is 1. The summed E-state index contributed by atoms with van der Waals surface area (Å²) in [5.41, 5.74) is 3.69. The highest BCUT2D eigenvalue weighted by Crippen LogP contribution is 2.23. The number of aliphatic imine (C=N–C) groups is 1. The molecule has 1 aromatic carbocycles.